The number of imide groups is 1. The summed E-state index contributed by atoms with van der Waals surface area (Å²) in [6, 6.07) is 4.87. The third-order valence-electron chi connectivity index (χ3n) is 4.79. The summed E-state index contributed by atoms with van der Waals surface area (Å²) in [5.41, 5.74) is 1.43. The third-order valence-corrected chi connectivity index (χ3v) is 4.79. The number of hydrogen-bond acceptors (Lipinski definition) is 4. The Kier molecular flexibility index (Phi) is 5.36. The molecule has 0 bridgehead atoms. The second kappa shape index (κ2) is 7.68. The Morgan fingerprint density at radius 1 is 1.20 bits per heavy atom. The van der Waals surface area contributed by atoms with Gasteiger partial charge in [-0.3, -0.25) is 19.7 Å². The molecule has 1 N–H and O–H groups in total. The zero-order valence-electron chi connectivity index (χ0n) is 14.5. The highest BCUT2D eigenvalue weighted by atomic mass is 16.5. The molecule has 3 amide bonds. The number of hydrogen-bond donors (Lipinski definition) is 1. The summed E-state index contributed by atoms with van der Waals surface area (Å²) >= 11 is 0. The summed E-state index contributed by atoms with van der Waals surface area (Å²) < 4.78 is 5.89. The molecule has 1 fully saturated rings. The minimum Gasteiger partial charge on any atom is -0.493 e. The van der Waals surface area contributed by atoms with Gasteiger partial charge in [0.25, 0.3) is 5.91 Å². The molecule has 25 heavy (non-hydrogen) atoms. The largest absolute Gasteiger partial charge is 0.493 e. The molecule has 0 aliphatic carbocycles. The number of amides is 3. The average molecular weight is 344 g/mol. The highest BCUT2D eigenvalue weighted by molar-refractivity contribution is 6.05. The lowest BCUT2D eigenvalue weighted by molar-refractivity contribution is -0.136. The Hall–Kier alpha value is -2.37. The van der Waals surface area contributed by atoms with Gasteiger partial charge in [-0.2, -0.15) is 0 Å². The first-order valence-corrected chi connectivity index (χ1v) is 9.01. The molecule has 1 unspecified atom stereocenters. The second-order valence-corrected chi connectivity index (χ2v) is 6.59. The van der Waals surface area contributed by atoms with Crippen LogP contribution in [0.1, 0.15) is 61.4 Å². The van der Waals surface area contributed by atoms with Crippen LogP contribution in [0.3, 0.4) is 0 Å². The first-order chi connectivity index (χ1) is 12.1. The molecule has 0 radical (unpaired) electrons. The van der Waals surface area contributed by atoms with E-state index in [1.165, 1.54) is 12.8 Å². The molecular weight excluding hydrogens is 320 g/mol. The first-order valence-electron chi connectivity index (χ1n) is 9.01. The Morgan fingerprint density at radius 3 is 2.80 bits per heavy atom. The molecule has 0 saturated carbocycles. The number of rotatable bonds is 7. The number of nitrogens with one attached hydrogen (secondary N) is 1. The van der Waals surface area contributed by atoms with Crippen molar-refractivity contribution in [3.8, 4) is 5.75 Å². The van der Waals surface area contributed by atoms with Gasteiger partial charge in [0.05, 0.1) is 13.2 Å². The van der Waals surface area contributed by atoms with Gasteiger partial charge < -0.3 is 9.64 Å². The minimum atomic E-state index is -0.588. The average Bonchev–Trinajstić information content (AvgIpc) is 2.92. The number of ether oxygens (including phenoxy) is 1. The van der Waals surface area contributed by atoms with Crippen molar-refractivity contribution in [1.29, 1.82) is 0 Å². The topological polar surface area (TPSA) is 75.7 Å². The fourth-order valence-electron chi connectivity index (χ4n) is 3.40. The van der Waals surface area contributed by atoms with E-state index in [0.29, 0.717) is 25.1 Å². The Bertz CT molecular complexity index is 686. The first kappa shape index (κ1) is 17.5. The van der Waals surface area contributed by atoms with Crippen molar-refractivity contribution in [1.82, 2.24) is 10.2 Å². The van der Waals surface area contributed by atoms with Gasteiger partial charge >= 0.3 is 0 Å². The lowest BCUT2D eigenvalue weighted by Gasteiger charge is -2.29. The van der Waals surface area contributed by atoms with Gasteiger partial charge in [0.2, 0.25) is 11.8 Å². The number of carbonyl (C=O) groups is 3. The molecule has 1 saturated heterocycles. The van der Waals surface area contributed by atoms with Crippen molar-refractivity contribution < 1.29 is 19.1 Å². The quantitative estimate of drug-likeness (QED) is 0.609. The molecule has 6 nitrogen and oxygen atoms in total. The van der Waals surface area contributed by atoms with Crippen LogP contribution in [0.15, 0.2) is 18.2 Å². The van der Waals surface area contributed by atoms with Crippen molar-refractivity contribution >= 4 is 17.7 Å². The number of piperidine rings is 1. The zero-order valence-corrected chi connectivity index (χ0v) is 14.5. The summed E-state index contributed by atoms with van der Waals surface area (Å²) in [7, 11) is 0. The van der Waals surface area contributed by atoms with E-state index in [1.807, 2.05) is 12.1 Å². The van der Waals surface area contributed by atoms with Crippen LogP contribution in [0, 0.1) is 0 Å². The summed E-state index contributed by atoms with van der Waals surface area (Å²) in [4.78, 5) is 37.7. The molecule has 2 aliphatic heterocycles. The van der Waals surface area contributed by atoms with Gasteiger partial charge in [0.15, 0.2) is 0 Å². The monoisotopic (exact) mass is 344 g/mol. The number of benzene rings is 1. The summed E-state index contributed by atoms with van der Waals surface area (Å²) in [6.07, 6.45) is 5.12. The Labute approximate surface area is 147 Å². The maximum absolute atomic E-state index is 12.7. The maximum Gasteiger partial charge on any atom is 0.255 e. The zero-order chi connectivity index (χ0) is 17.8. The Morgan fingerprint density at radius 2 is 2.04 bits per heavy atom. The van der Waals surface area contributed by atoms with Gasteiger partial charge in [0, 0.05) is 17.5 Å². The van der Waals surface area contributed by atoms with Crippen molar-refractivity contribution in [2.45, 2.75) is 58.0 Å². The molecule has 1 aromatic rings. The minimum absolute atomic E-state index is 0.166. The summed E-state index contributed by atoms with van der Waals surface area (Å²) in [5.74, 6) is -0.112. The third kappa shape index (κ3) is 3.67. The standard InChI is InChI=1S/C19H24N2O4/c1-2-3-4-5-11-25-16-8-6-7-13-14(16)12-21(19(13)24)15-9-10-17(22)20-18(15)23/h6-8,15H,2-5,9-12H2,1H3,(H,20,22,23). The van der Waals surface area contributed by atoms with E-state index in [-0.39, 0.29) is 24.1 Å². The van der Waals surface area contributed by atoms with Crippen molar-refractivity contribution in [2.24, 2.45) is 0 Å². The van der Waals surface area contributed by atoms with Crippen molar-refractivity contribution in [3.63, 3.8) is 0 Å². The lowest BCUT2D eigenvalue weighted by atomic mass is 10.0. The molecule has 0 aromatic heterocycles. The summed E-state index contributed by atoms with van der Waals surface area (Å²) in [5, 5.41) is 2.32. The number of fused-ring (bicyclic) bond motifs is 1. The molecule has 2 heterocycles. The van der Waals surface area contributed by atoms with Crippen LogP contribution >= 0.6 is 0 Å². The van der Waals surface area contributed by atoms with Crippen LogP contribution in [-0.2, 0) is 16.1 Å². The molecule has 1 aromatic carbocycles. The van der Waals surface area contributed by atoms with E-state index >= 15 is 0 Å². The van der Waals surface area contributed by atoms with Crippen LogP contribution < -0.4 is 10.1 Å². The normalized spacial score (nSPS) is 19.8. The van der Waals surface area contributed by atoms with E-state index in [4.69, 9.17) is 4.74 Å². The predicted molar refractivity (Wildman–Crippen MR) is 92.1 cm³/mol. The van der Waals surface area contributed by atoms with E-state index < -0.39 is 6.04 Å². The van der Waals surface area contributed by atoms with Gasteiger partial charge in [0.1, 0.15) is 11.8 Å². The molecule has 2 aliphatic rings. The van der Waals surface area contributed by atoms with E-state index in [0.717, 1.165) is 24.2 Å². The molecule has 6 heteroatoms. The highest BCUT2D eigenvalue weighted by Gasteiger charge is 2.40. The van der Waals surface area contributed by atoms with Crippen molar-refractivity contribution in [3.05, 3.63) is 29.3 Å². The number of nitrogens with zero attached hydrogens (tertiary/aromatic N) is 1. The lowest BCUT2D eigenvalue weighted by Crippen LogP contribution is -2.52. The summed E-state index contributed by atoms with van der Waals surface area (Å²) in [6.45, 7) is 3.15. The highest BCUT2D eigenvalue weighted by Crippen LogP contribution is 2.33. The number of carbonyl (C=O) groups excluding carboxylic acids is 3. The molecule has 3 rings (SSSR count). The second-order valence-electron chi connectivity index (χ2n) is 6.59. The van der Waals surface area contributed by atoms with Gasteiger partial charge in [-0.05, 0) is 25.0 Å². The number of unbranched alkanes of at least 4 members (excludes halogenated alkanes) is 3. The Balaban J connectivity index is 1.69. The van der Waals surface area contributed by atoms with Crippen LogP contribution in [0.4, 0.5) is 0 Å². The molecule has 134 valence electrons. The van der Waals surface area contributed by atoms with Crippen LogP contribution in [0.2, 0.25) is 0 Å². The van der Waals surface area contributed by atoms with Gasteiger partial charge in [-0.15, -0.1) is 0 Å². The van der Waals surface area contributed by atoms with Crippen LogP contribution in [0.5, 0.6) is 5.75 Å². The van der Waals surface area contributed by atoms with Gasteiger partial charge in [-0.1, -0.05) is 32.3 Å². The smallest absolute Gasteiger partial charge is 0.255 e. The van der Waals surface area contributed by atoms with Crippen LogP contribution in [-0.4, -0.2) is 35.3 Å². The fraction of sp³-hybridized carbons (Fsp3) is 0.526. The fourth-order valence-corrected chi connectivity index (χ4v) is 3.40. The van der Waals surface area contributed by atoms with Crippen LogP contribution in [0.25, 0.3) is 0 Å². The van der Waals surface area contributed by atoms with E-state index in [1.54, 1.807) is 11.0 Å². The maximum atomic E-state index is 12.7. The SMILES string of the molecule is CCCCCCOc1cccc2c1CN(C1CCC(=O)NC1=O)C2=O. The predicted octanol–water partition coefficient (Wildman–Crippen LogP) is 2.41. The van der Waals surface area contributed by atoms with E-state index in [9.17, 15) is 14.4 Å². The van der Waals surface area contributed by atoms with E-state index in [2.05, 4.69) is 12.2 Å². The molecular formula is C19H24N2O4. The molecule has 1 atom stereocenters. The van der Waals surface area contributed by atoms with Gasteiger partial charge in [-0.25, -0.2) is 0 Å². The van der Waals surface area contributed by atoms with Crippen molar-refractivity contribution in [2.75, 3.05) is 6.61 Å². The molecule has 0 spiro atoms.